The minimum Gasteiger partial charge on any atom is -0.496 e. The van der Waals surface area contributed by atoms with Crippen molar-refractivity contribution < 1.29 is 33.0 Å². The van der Waals surface area contributed by atoms with Crippen LogP contribution in [0.2, 0.25) is 5.02 Å². The average molecular weight is 713 g/mol. The van der Waals surface area contributed by atoms with E-state index in [2.05, 4.69) is 15.6 Å². The third-order valence-corrected chi connectivity index (χ3v) is 10.9. The van der Waals surface area contributed by atoms with Crippen LogP contribution in [0.25, 0.3) is 21.2 Å². The molecule has 4 aromatic rings. The van der Waals surface area contributed by atoms with Crippen LogP contribution in [0.5, 0.6) is 5.75 Å². The lowest BCUT2D eigenvalue weighted by molar-refractivity contribution is 0.0543. The third-order valence-electron chi connectivity index (χ3n) is 9.18. The van der Waals surface area contributed by atoms with Crippen LogP contribution < -0.4 is 15.4 Å². The number of carbonyl (C=O) groups is 3. The second kappa shape index (κ2) is 14.7. The molecule has 2 aromatic heterocycles. The van der Waals surface area contributed by atoms with Gasteiger partial charge in [0.15, 0.2) is 0 Å². The van der Waals surface area contributed by atoms with E-state index in [1.165, 1.54) is 14.2 Å². The van der Waals surface area contributed by atoms with Crippen LogP contribution in [-0.4, -0.2) is 59.1 Å². The van der Waals surface area contributed by atoms with Crippen molar-refractivity contribution in [3.63, 3.8) is 0 Å². The number of methoxy groups -OCH3 is 1. The molecule has 0 aliphatic heterocycles. The number of hydrogen-bond donors (Lipinski definition) is 3. The van der Waals surface area contributed by atoms with E-state index in [-0.39, 0.29) is 61.5 Å². The second-order valence-corrected chi connectivity index (χ2v) is 14.7. The van der Waals surface area contributed by atoms with Crippen molar-refractivity contribution in [3.8, 4) is 16.9 Å². The van der Waals surface area contributed by atoms with Crippen LogP contribution in [0.1, 0.15) is 72.2 Å². The Bertz CT molecular complexity index is 1890. The molecule has 49 heavy (non-hydrogen) atoms. The average Bonchev–Trinajstić information content (AvgIpc) is 3.44. The highest BCUT2D eigenvalue weighted by Gasteiger charge is 2.39. The molecule has 13 heteroatoms. The van der Waals surface area contributed by atoms with Crippen molar-refractivity contribution >= 4 is 50.9 Å². The largest absolute Gasteiger partial charge is 0.496 e. The minimum atomic E-state index is -1.08. The summed E-state index contributed by atoms with van der Waals surface area (Å²) in [5.74, 6) is -1.62. The summed E-state index contributed by atoms with van der Waals surface area (Å²) in [4.78, 5) is 44.3. The van der Waals surface area contributed by atoms with Crippen molar-refractivity contribution in [1.29, 1.82) is 0 Å². The van der Waals surface area contributed by atoms with Gasteiger partial charge in [-0.3, -0.25) is 14.6 Å². The van der Waals surface area contributed by atoms with Gasteiger partial charge in [0.2, 0.25) is 0 Å². The molecule has 1 aliphatic rings. The monoisotopic (exact) mass is 712 g/mol. The standard InChI is InChI=1S/C36H39ClF2N4O5S/c1-36(2,3)32(42-35(46)47)19-6-9-23(10-7-19)43(34(45)31-29(37)28-24(38)11-12-25(39)30(28)49-31)18-22-16-20(8-13-27(22)48-5)21-14-15-41-26(17-21)33(44)40-4/h8,11-17,19,23,32,42H,6-7,9-10,18H2,1-5H3,(H,40,44)(H,46,47). The van der Waals surface area contributed by atoms with Gasteiger partial charge in [-0.15, -0.1) is 11.3 Å². The van der Waals surface area contributed by atoms with Gasteiger partial charge in [0.1, 0.15) is 28.0 Å². The van der Waals surface area contributed by atoms with Crippen molar-refractivity contribution in [1.82, 2.24) is 20.5 Å². The Labute approximate surface area is 292 Å². The predicted molar refractivity (Wildman–Crippen MR) is 186 cm³/mol. The highest BCUT2D eigenvalue weighted by Crippen LogP contribution is 2.42. The van der Waals surface area contributed by atoms with Gasteiger partial charge in [0, 0.05) is 37.4 Å². The topological polar surface area (TPSA) is 121 Å². The summed E-state index contributed by atoms with van der Waals surface area (Å²) in [5.41, 5.74) is 2.08. The van der Waals surface area contributed by atoms with E-state index in [1.807, 2.05) is 32.9 Å². The number of amides is 3. The zero-order valence-corrected chi connectivity index (χ0v) is 29.5. The van der Waals surface area contributed by atoms with E-state index in [1.54, 1.807) is 29.3 Å². The van der Waals surface area contributed by atoms with Crippen LogP contribution in [0, 0.1) is 23.0 Å². The number of carboxylic acid groups (broad SMARTS) is 1. The van der Waals surface area contributed by atoms with Gasteiger partial charge in [0.25, 0.3) is 11.8 Å². The summed E-state index contributed by atoms with van der Waals surface area (Å²) in [5, 5.41) is 14.6. The summed E-state index contributed by atoms with van der Waals surface area (Å²) in [6.45, 7) is 6.08. The number of pyridine rings is 1. The molecule has 1 fully saturated rings. The van der Waals surface area contributed by atoms with Gasteiger partial charge in [-0.05, 0) is 84.5 Å². The quantitative estimate of drug-likeness (QED) is 0.161. The number of aromatic nitrogens is 1. The zero-order valence-electron chi connectivity index (χ0n) is 27.9. The molecule has 9 nitrogen and oxygen atoms in total. The van der Waals surface area contributed by atoms with E-state index < -0.39 is 23.6 Å². The molecule has 3 amide bonds. The number of halogens is 3. The number of benzene rings is 2. The molecule has 2 heterocycles. The summed E-state index contributed by atoms with van der Waals surface area (Å²) in [6.07, 6.45) is 2.90. The molecule has 260 valence electrons. The molecular formula is C36H39ClF2N4O5S. The second-order valence-electron chi connectivity index (χ2n) is 13.3. The lowest BCUT2D eigenvalue weighted by Gasteiger charge is -2.43. The van der Waals surface area contributed by atoms with Gasteiger partial charge < -0.3 is 25.4 Å². The maximum atomic E-state index is 14.9. The fraction of sp³-hybridized carbons (Fsp3) is 0.389. The third kappa shape index (κ3) is 7.65. The summed E-state index contributed by atoms with van der Waals surface area (Å²) < 4.78 is 35.3. The van der Waals surface area contributed by atoms with E-state index in [0.717, 1.165) is 34.6 Å². The van der Waals surface area contributed by atoms with Crippen LogP contribution in [0.4, 0.5) is 13.6 Å². The number of nitrogens with one attached hydrogen (secondary N) is 2. The Morgan fingerprint density at radius 1 is 1.06 bits per heavy atom. The molecule has 0 saturated heterocycles. The molecule has 0 spiro atoms. The van der Waals surface area contributed by atoms with Crippen LogP contribution in [-0.2, 0) is 6.54 Å². The van der Waals surface area contributed by atoms with Crippen LogP contribution in [0.3, 0.4) is 0 Å². The number of carbonyl (C=O) groups excluding carboxylic acids is 2. The Balaban J connectivity index is 1.54. The Morgan fingerprint density at radius 3 is 2.35 bits per heavy atom. The lowest BCUT2D eigenvalue weighted by Crippen LogP contribution is -2.50. The Morgan fingerprint density at radius 2 is 1.73 bits per heavy atom. The number of hydrogen-bond acceptors (Lipinski definition) is 6. The highest BCUT2D eigenvalue weighted by molar-refractivity contribution is 7.21. The summed E-state index contributed by atoms with van der Waals surface area (Å²) in [6, 6.07) is 10.4. The lowest BCUT2D eigenvalue weighted by atomic mass is 9.72. The molecular weight excluding hydrogens is 674 g/mol. The van der Waals surface area contributed by atoms with Crippen molar-refractivity contribution in [2.45, 2.75) is 65.1 Å². The zero-order chi connectivity index (χ0) is 35.6. The number of rotatable bonds is 9. The summed E-state index contributed by atoms with van der Waals surface area (Å²) in [7, 11) is 3.06. The highest BCUT2D eigenvalue weighted by atomic mass is 35.5. The number of ether oxygens (including phenoxy) is 1. The fourth-order valence-corrected chi connectivity index (χ4v) is 8.29. The first-order valence-corrected chi connectivity index (χ1v) is 17.1. The molecule has 1 atom stereocenters. The number of thiophene rings is 1. The van der Waals surface area contributed by atoms with E-state index in [9.17, 15) is 28.3 Å². The number of nitrogens with zero attached hydrogens (tertiary/aromatic N) is 2. The maximum absolute atomic E-state index is 14.9. The van der Waals surface area contributed by atoms with Crippen molar-refractivity contribution in [3.05, 3.63) is 81.5 Å². The first-order valence-electron chi connectivity index (χ1n) is 15.9. The Kier molecular flexibility index (Phi) is 10.8. The number of fused-ring (bicyclic) bond motifs is 1. The first-order chi connectivity index (χ1) is 23.2. The molecule has 2 aromatic carbocycles. The normalized spacial score (nSPS) is 17.0. The van der Waals surface area contributed by atoms with Crippen molar-refractivity contribution in [2.24, 2.45) is 11.3 Å². The van der Waals surface area contributed by atoms with Crippen LogP contribution in [0.15, 0.2) is 48.7 Å². The van der Waals surface area contributed by atoms with Crippen LogP contribution >= 0.6 is 22.9 Å². The van der Waals surface area contributed by atoms with Gasteiger partial charge in [-0.25, -0.2) is 13.6 Å². The van der Waals surface area contributed by atoms with Gasteiger partial charge in [-0.1, -0.05) is 38.4 Å². The Hall–Kier alpha value is -4.29. The van der Waals surface area contributed by atoms with E-state index in [4.69, 9.17) is 16.3 Å². The molecule has 5 rings (SSSR count). The van der Waals surface area contributed by atoms with E-state index >= 15 is 0 Å². The molecule has 1 saturated carbocycles. The molecule has 1 unspecified atom stereocenters. The summed E-state index contributed by atoms with van der Waals surface area (Å²) >= 11 is 7.44. The first kappa shape index (κ1) is 36.0. The van der Waals surface area contributed by atoms with Crippen molar-refractivity contribution in [2.75, 3.05) is 14.2 Å². The minimum absolute atomic E-state index is 0.0300. The molecule has 3 N–H and O–H groups in total. The van der Waals surface area contributed by atoms with Gasteiger partial charge in [0.05, 0.1) is 22.2 Å². The fourth-order valence-electron chi connectivity index (χ4n) is 6.78. The van der Waals surface area contributed by atoms with E-state index in [0.29, 0.717) is 37.0 Å². The molecule has 1 aliphatic carbocycles. The maximum Gasteiger partial charge on any atom is 0.404 e. The van der Waals surface area contributed by atoms with Gasteiger partial charge >= 0.3 is 6.09 Å². The molecule has 0 radical (unpaired) electrons. The van der Waals surface area contributed by atoms with Gasteiger partial charge in [-0.2, -0.15) is 0 Å². The predicted octanol–water partition coefficient (Wildman–Crippen LogP) is 8.15. The smallest absolute Gasteiger partial charge is 0.404 e. The molecule has 0 bridgehead atoms. The SMILES string of the molecule is CNC(=O)c1cc(-c2ccc(OC)c(CN(C(=O)c3sc4c(F)ccc(F)c4c3Cl)C3CCC(C(NC(=O)O)C(C)(C)C)CC3)c2)ccn1.